The van der Waals surface area contributed by atoms with Gasteiger partial charge < -0.3 is 20.1 Å². The fourth-order valence-electron chi connectivity index (χ4n) is 6.08. The number of imide groups is 1. The fraction of sp³-hybridized carbons (Fsp3) is 0.455. The molecule has 3 aliphatic rings. The predicted molar refractivity (Wildman–Crippen MR) is 161 cm³/mol. The average Bonchev–Trinajstić information content (AvgIpc) is 3.51. The molecule has 0 aromatic heterocycles. The first-order chi connectivity index (χ1) is 21.7. The van der Waals surface area contributed by atoms with E-state index in [1.807, 2.05) is 24.3 Å². The van der Waals surface area contributed by atoms with Crippen LogP contribution in [0.25, 0.3) is 0 Å². The summed E-state index contributed by atoms with van der Waals surface area (Å²) >= 11 is 0. The standard InChI is InChI=1S/C26H34F2N4O5.C7H5N/c1-15-4-7-18(8-5-15)31-11-10-17(13-31)29-25(34)32-23(16-6-9-19(27)20(28)12-16)22(24(33)37-3)21(14-36-2)30-26(32)35;8-6-7-4-2-1-3-5-7/h6,9,12,15,17-18,23H,4-5,7-8,10-11,13-14H2,1-3H3,(H,29,34)(H,30,35);1-5H. The highest BCUT2D eigenvalue weighted by Crippen LogP contribution is 2.36. The molecule has 2 atom stereocenters. The molecule has 2 fully saturated rings. The van der Waals surface area contributed by atoms with Gasteiger partial charge in [-0.2, -0.15) is 5.26 Å². The van der Waals surface area contributed by atoms with Crippen molar-refractivity contribution < 1.29 is 32.6 Å². The van der Waals surface area contributed by atoms with E-state index >= 15 is 0 Å². The van der Waals surface area contributed by atoms with Crippen LogP contribution >= 0.6 is 0 Å². The second-order valence-corrected chi connectivity index (χ2v) is 11.5. The molecule has 5 rings (SSSR count). The van der Waals surface area contributed by atoms with Crippen molar-refractivity contribution in [3.05, 3.63) is 82.6 Å². The zero-order valence-corrected chi connectivity index (χ0v) is 25.7. The summed E-state index contributed by atoms with van der Waals surface area (Å²) in [6.07, 6.45) is 5.36. The Kier molecular flexibility index (Phi) is 11.6. The van der Waals surface area contributed by atoms with E-state index in [0.29, 0.717) is 18.2 Å². The molecular formula is C33H39F2N5O5. The Balaban J connectivity index is 0.000000501. The van der Waals surface area contributed by atoms with Gasteiger partial charge in [-0.3, -0.25) is 4.90 Å². The number of halogens is 2. The summed E-state index contributed by atoms with van der Waals surface area (Å²) in [5, 5.41) is 13.7. The van der Waals surface area contributed by atoms with E-state index in [0.717, 1.165) is 55.9 Å². The van der Waals surface area contributed by atoms with Gasteiger partial charge in [0, 0.05) is 32.3 Å². The first kappa shape index (κ1) is 33.6. The molecule has 1 saturated carbocycles. The molecule has 4 amide bonds. The molecule has 12 heteroatoms. The van der Waals surface area contributed by atoms with Crippen LogP contribution < -0.4 is 10.6 Å². The lowest BCUT2D eigenvalue weighted by Crippen LogP contribution is -2.56. The highest BCUT2D eigenvalue weighted by Gasteiger charge is 2.44. The Morgan fingerprint density at radius 1 is 1.04 bits per heavy atom. The van der Waals surface area contributed by atoms with E-state index in [1.165, 1.54) is 26.0 Å². The van der Waals surface area contributed by atoms with Crippen LogP contribution in [-0.4, -0.2) is 73.8 Å². The van der Waals surface area contributed by atoms with Crippen molar-refractivity contribution in [1.82, 2.24) is 20.4 Å². The number of methoxy groups -OCH3 is 2. The molecule has 1 saturated heterocycles. The predicted octanol–water partition coefficient (Wildman–Crippen LogP) is 5.03. The first-order valence-electron chi connectivity index (χ1n) is 15.0. The summed E-state index contributed by atoms with van der Waals surface area (Å²) in [5.41, 5.74) is 0.737. The molecule has 2 N–H and O–H groups in total. The Morgan fingerprint density at radius 2 is 1.76 bits per heavy atom. The second kappa shape index (κ2) is 15.6. The van der Waals surface area contributed by atoms with Gasteiger partial charge in [0.1, 0.15) is 6.04 Å². The van der Waals surface area contributed by atoms with Crippen molar-refractivity contribution in [3.8, 4) is 6.07 Å². The van der Waals surface area contributed by atoms with Crippen molar-refractivity contribution in [2.45, 2.75) is 57.2 Å². The van der Waals surface area contributed by atoms with Gasteiger partial charge in [0.05, 0.1) is 36.6 Å². The summed E-state index contributed by atoms with van der Waals surface area (Å²) < 4.78 is 38.0. The lowest BCUT2D eigenvalue weighted by Gasteiger charge is -2.37. The lowest BCUT2D eigenvalue weighted by atomic mass is 9.87. The van der Waals surface area contributed by atoms with Crippen LogP contribution in [0.1, 0.15) is 56.2 Å². The van der Waals surface area contributed by atoms with Gasteiger partial charge >= 0.3 is 18.0 Å². The molecule has 240 valence electrons. The summed E-state index contributed by atoms with van der Waals surface area (Å²) in [4.78, 5) is 42.7. The van der Waals surface area contributed by atoms with Gasteiger partial charge in [-0.05, 0) is 67.9 Å². The van der Waals surface area contributed by atoms with Crippen LogP contribution in [0.15, 0.2) is 59.8 Å². The van der Waals surface area contributed by atoms with E-state index in [4.69, 9.17) is 14.7 Å². The Labute approximate surface area is 262 Å². The van der Waals surface area contributed by atoms with E-state index in [-0.39, 0.29) is 29.5 Å². The number of urea groups is 2. The Bertz CT molecular complexity index is 1440. The average molecular weight is 624 g/mol. The molecule has 2 aromatic carbocycles. The maximum Gasteiger partial charge on any atom is 0.338 e. The Hall–Kier alpha value is -4.34. The van der Waals surface area contributed by atoms with Crippen LogP contribution in [0.5, 0.6) is 0 Å². The summed E-state index contributed by atoms with van der Waals surface area (Å²) in [7, 11) is 2.53. The number of ether oxygens (including phenoxy) is 2. The van der Waals surface area contributed by atoms with Gasteiger partial charge in [-0.1, -0.05) is 31.2 Å². The van der Waals surface area contributed by atoms with E-state index < -0.39 is 35.7 Å². The number of rotatable bonds is 6. The third-order valence-electron chi connectivity index (χ3n) is 8.46. The van der Waals surface area contributed by atoms with Crippen molar-refractivity contribution in [2.75, 3.05) is 33.9 Å². The summed E-state index contributed by atoms with van der Waals surface area (Å²) in [5.74, 6) is -2.36. The Morgan fingerprint density at radius 3 is 2.36 bits per heavy atom. The molecule has 2 aliphatic heterocycles. The monoisotopic (exact) mass is 623 g/mol. The van der Waals surface area contributed by atoms with E-state index in [1.54, 1.807) is 12.1 Å². The molecule has 2 aromatic rings. The van der Waals surface area contributed by atoms with Gasteiger partial charge in [-0.15, -0.1) is 0 Å². The number of nitrogens with one attached hydrogen (secondary N) is 2. The van der Waals surface area contributed by atoms with E-state index in [2.05, 4.69) is 22.5 Å². The maximum absolute atomic E-state index is 14.2. The SMILES string of the molecule is COCC1=C(C(=O)OC)C(c2ccc(F)c(F)c2)N(C(=O)NC2CCN(C3CCC(C)CC3)C2)C(=O)N1.N#Cc1ccccc1. The molecule has 0 radical (unpaired) electrons. The minimum atomic E-state index is -1.35. The number of amides is 4. The molecule has 0 spiro atoms. The number of nitriles is 1. The van der Waals surface area contributed by atoms with Crippen molar-refractivity contribution in [3.63, 3.8) is 0 Å². The van der Waals surface area contributed by atoms with Crippen LogP contribution in [0.3, 0.4) is 0 Å². The molecular weight excluding hydrogens is 584 g/mol. The first-order valence-corrected chi connectivity index (χ1v) is 15.0. The van der Waals surface area contributed by atoms with Gasteiger partial charge in [-0.25, -0.2) is 28.1 Å². The highest BCUT2D eigenvalue weighted by molar-refractivity contribution is 6.01. The van der Waals surface area contributed by atoms with Crippen LogP contribution in [0, 0.1) is 28.9 Å². The largest absolute Gasteiger partial charge is 0.466 e. The molecule has 45 heavy (non-hydrogen) atoms. The van der Waals surface area contributed by atoms with Gasteiger partial charge in [0.15, 0.2) is 11.6 Å². The minimum Gasteiger partial charge on any atom is -0.466 e. The fourth-order valence-corrected chi connectivity index (χ4v) is 6.08. The number of nitrogens with zero attached hydrogens (tertiary/aromatic N) is 3. The number of benzene rings is 2. The lowest BCUT2D eigenvalue weighted by molar-refractivity contribution is -0.137. The van der Waals surface area contributed by atoms with Crippen molar-refractivity contribution >= 4 is 18.0 Å². The van der Waals surface area contributed by atoms with Crippen LogP contribution in [0.2, 0.25) is 0 Å². The topological polar surface area (TPSA) is 124 Å². The number of hydrogen-bond acceptors (Lipinski definition) is 7. The molecule has 2 heterocycles. The molecule has 10 nitrogen and oxygen atoms in total. The van der Waals surface area contributed by atoms with Crippen molar-refractivity contribution in [2.24, 2.45) is 5.92 Å². The van der Waals surface area contributed by atoms with E-state index in [9.17, 15) is 23.2 Å². The number of likely N-dealkylation sites (tertiary alicyclic amines) is 1. The minimum absolute atomic E-state index is 0.0438. The third kappa shape index (κ3) is 8.23. The van der Waals surface area contributed by atoms with Crippen molar-refractivity contribution in [1.29, 1.82) is 5.26 Å². The molecule has 0 bridgehead atoms. The number of hydrogen-bond donors (Lipinski definition) is 2. The van der Waals surface area contributed by atoms with Gasteiger partial charge in [0.25, 0.3) is 0 Å². The third-order valence-corrected chi connectivity index (χ3v) is 8.46. The molecule has 2 unspecified atom stereocenters. The van der Waals surface area contributed by atoms with Gasteiger partial charge in [0.2, 0.25) is 0 Å². The smallest absolute Gasteiger partial charge is 0.338 e. The maximum atomic E-state index is 14.2. The summed E-state index contributed by atoms with van der Waals surface area (Å²) in [6, 6.07) is 11.5. The number of carbonyl (C=O) groups excluding carboxylic acids is 3. The number of carbonyl (C=O) groups is 3. The molecule has 1 aliphatic carbocycles. The normalized spacial score (nSPS) is 23.4. The zero-order chi connectivity index (χ0) is 32.5. The summed E-state index contributed by atoms with van der Waals surface area (Å²) in [6.45, 7) is 3.60. The second-order valence-electron chi connectivity index (χ2n) is 11.5. The zero-order valence-electron chi connectivity index (χ0n) is 25.7. The van der Waals surface area contributed by atoms with Crippen LogP contribution in [0.4, 0.5) is 18.4 Å². The number of esters is 1. The highest BCUT2D eigenvalue weighted by atomic mass is 19.2. The quantitative estimate of drug-likeness (QED) is 0.433. The van der Waals surface area contributed by atoms with Crippen LogP contribution in [-0.2, 0) is 14.3 Å².